The number of nitrogens with zero attached hydrogens (tertiary/aromatic N) is 3. The van der Waals surface area contributed by atoms with Crippen molar-refractivity contribution in [2.45, 2.75) is 13.3 Å². The monoisotopic (exact) mass is 141 g/mol. The average molecular weight is 141 g/mol. The van der Waals surface area contributed by atoms with Gasteiger partial charge in [0.2, 0.25) is 0 Å². The van der Waals surface area contributed by atoms with Crippen LogP contribution in [0.2, 0.25) is 0 Å². The SMILES string of the molecule is CCNCCc1nn[nH]n1. The maximum absolute atomic E-state index is 3.80. The maximum Gasteiger partial charge on any atom is 0.175 e. The van der Waals surface area contributed by atoms with Crippen LogP contribution in [0, 0.1) is 0 Å². The fraction of sp³-hybridized carbons (Fsp3) is 0.800. The van der Waals surface area contributed by atoms with Gasteiger partial charge in [-0.25, -0.2) is 0 Å². The van der Waals surface area contributed by atoms with Crippen LogP contribution in [0.15, 0.2) is 0 Å². The zero-order valence-corrected chi connectivity index (χ0v) is 5.96. The van der Waals surface area contributed by atoms with Gasteiger partial charge in [0.25, 0.3) is 0 Å². The topological polar surface area (TPSA) is 66.5 Å². The van der Waals surface area contributed by atoms with Gasteiger partial charge in [0.05, 0.1) is 0 Å². The van der Waals surface area contributed by atoms with E-state index in [0.29, 0.717) is 0 Å². The lowest BCUT2D eigenvalue weighted by Crippen LogP contribution is -2.16. The van der Waals surface area contributed by atoms with Gasteiger partial charge in [-0.15, -0.1) is 10.2 Å². The summed E-state index contributed by atoms with van der Waals surface area (Å²) in [5.74, 6) is 0.765. The van der Waals surface area contributed by atoms with Crippen molar-refractivity contribution in [1.29, 1.82) is 0 Å². The molecular weight excluding hydrogens is 130 g/mol. The Kier molecular flexibility index (Phi) is 2.82. The molecule has 5 heteroatoms. The molecule has 2 N–H and O–H groups in total. The second-order valence-electron chi connectivity index (χ2n) is 1.93. The summed E-state index contributed by atoms with van der Waals surface area (Å²) in [7, 11) is 0. The lowest BCUT2D eigenvalue weighted by atomic mass is 10.4. The number of aromatic nitrogens is 4. The lowest BCUT2D eigenvalue weighted by molar-refractivity contribution is 0.697. The van der Waals surface area contributed by atoms with Gasteiger partial charge < -0.3 is 5.32 Å². The van der Waals surface area contributed by atoms with Crippen LogP contribution in [-0.2, 0) is 6.42 Å². The zero-order valence-electron chi connectivity index (χ0n) is 5.96. The second kappa shape index (κ2) is 3.94. The summed E-state index contributed by atoms with van der Waals surface area (Å²) < 4.78 is 0. The Balaban J connectivity index is 2.15. The van der Waals surface area contributed by atoms with Crippen molar-refractivity contribution in [3.8, 4) is 0 Å². The minimum Gasteiger partial charge on any atom is -0.317 e. The van der Waals surface area contributed by atoms with Crippen molar-refractivity contribution in [3.63, 3.8) is 0 Å². The number of likely N-dealkylation sites (N-methyl/N-ethyl adjacent to an activating group) is 1. The zero-order chi connectivity index (χ0) is 7.23. The molecule has 0 aromatic carbocycles. The van der Waals surface area contributed by atoms with Gasteiger partial charge in [-0.1, -0.05) is 12.1 Å². The van der Waals surface area contributed by atoms with Gasteiger partial charge in [-0.05, 0) is 6.54 Å². The lowest BCUT2D eigenvalue weighted by Gasteiger charge is -1.94. The van der Waals surface area contributed by atoms with Crippen LogP contribution in [0.25, 0.3) is 0 Å². The third kappa shape index (κ3) is 2.10. The molecule has 0 bridgehead atoms. The number of aromatic amines is 1. The predicted octanol–water partition coefficient (Wildman–Crippen LogP) is -0.648. The van der Waals surface area contributed by atoms with Crippen molar-refractivity contribution >= 4 is 0 Å². The quantitative estimate of drug-likeness (QED) is 0.547. The Labute approximate surface area is 59.2 Å². The van der Waals surface area contributed by atoms with Crippen molar-refractivity contribution in [2.75, 3.05) is 13.1 Å². The fourth-order valence-electron chi connectivity index (χ4n) is 0.665. The molecule has 1 aromatic rings. The van der Waals surface area contributed by atoms with Crippen LogP contribution in [-0.4, -0.2) is 33.7 Å². The standard InChI is InChI=1S/C5H11N5/c1-2-6-4-3-5-7-9-10-8-5/h6H,2-4H2,1H3,(H,7,8,9,10). The summed E-state index contributed by atoms with van der Waals surface area (Å²) in [5, 5.41) is 16.6. The highest BCUT2D eigenvalue weighted by molar-refractivity contribution is 4.76. The molecule has 56 valence electrons. The molecule has 0 saturated carbocycles. The van der Waals surface area contributed by atoms with Crippen molar-refractivity contribution < 1.29 is 0 Å². The van der Waals surface area contributed by atoms with Crippen LogP contribution >= 0.6 is 0 Å². The third-order valence-electron chi connectivity index (χ3n) is 1.16. The van der Waals surface area contributed by atoms with E-state index in [0.717, 1.165) is 25.3 Å². The van der Waals surface area contributed by atoms with E-state index in [1.807, 2.05) is 0 Å². The summed E-state index contributed by atoms with van der Waals surface area (Å²) in [5.41, 5.74) is 0. The first kappa shape index (κ1) is 7.14. The molecule has 0 aliphatic heterocycles. The summed E-state index contributed by atoms with van der Waals surface area (Å²) in [6, 6.07) is 0. The number of hydrogen-bond acceptors (Lipinski definition) is 4. The van der Waals surface area contributed by atoms with E-state index in [1.165, 1.54) is 0 Å². The molecule has 1 aromatic heterocycles. The first-order valence-electron chi connectivity index (χ1n) is 3.36. The van der Waals surface area contributed by atoms with E-state index < -0.39 is 0 Å². The number of rotatable bonds is 4. The normalized spacial score (nSPS) is 10.1. The van der Waals surface area contributed by atoms with Gasteiger partial charge in [-0.3, -0.25) is 0 Å². The van der Waals surface area contributed by atoms with E-state index in [9.17, 15) is 0 Å². The Morgan fingerprint density at radius 2 is 2.50 bits per heavy atom. The first-order chi connectivity index (χ1) is 4.93. The first-order valence-corrected chi connectivity index (χ1v) is 3.36. The summed E-state index contributed by atoms with van der Waals surface area (Å²) >= 11 is 0. The molecule has 0 radical (unpaired) electrons. The molecule has 1 heterocycles. The highest BCUT2D eigenvalue weighted by atomic mass is 15.5. The summed E-state index contributed by atoms with van der Waals surface area (Å²) in [6.45, 7) is 3.96. The van der Waals surface area contributed by atoms with E-state index in [-0.39, 0.29) is 0 Å². The molecular formula is C5H11N5. The molecule has 0 aliphatic rings. The number of nitrogens with one attached hydrogen (secondary N) is 2. The number of hydrogen-bond donors (Lipinski definition) is 2. The predicted molar refractivity (Wildman–Crippen MR) is 36.4 cm³/mol. The maximum atomic E-state index is 3.80. The minimum atomic E-state index is 0.765. The van der Waals surface area contributed by atoms with E-state index in [1.54, 1.807) is 0 Å². The molecule has 0 unspecified atom stereocenters. The second-order valence-corrected chi connectivity index (χ2v) is 1.93. The molecule has 5 nitrogen and oxygen atoms in total. The molecule has 0 amide bonds. The largest absolute Gasteiger partial charge is 0.317 e. The highest BCUT2D eigenvalue weighted by Gasteiger charge is 1.94. The van der Waals surface area contributed by atoms with E-state index in [2.05, 4.69) is 32.9 Å². The summed E-state index contributed by atoms with van der Waals surface area (Å²) in [6.07, 6.45) is 0.838. The molecule has 0 aliphatic carbocycles. The van der Waals surface area contributed by atoms with Gasteiger partial charge in [0, 0.05) is 13.0 Å². The fourth-order valence-corrected chi connectivity index (χ4v) is 0.665. The highest BCUT2D eigenvalue weighted by Crippen LogP contribution is 1.81. The van der Waals surface area contributed by atoms with Gasteiger partial charge in [0.15, 0.2) is 5.82 Å². The van der Waals surface area contributed by atoms with Gasteiger partial charge >= 0.3 is 0 Å². The molecule has 0 atom stereocenters. The van der Waals surface area contributed by atoms with Crippen molar-refractivity contribution in [1.82, 2.24) is 25.9 Å². The van der Waals surface area contributed by atoms with Crippen LogP contribution < -0.4 is 5.32 Å². The number of H-pyrrole nitrogens is 1. The van der Waals surface area contributed by atoms with Crippen molar-refractivity contribution in [3.05, 3.63) is 5.82 Å². The molecule has 0 saturated heterocycles. The smallest absolute Gasteiger partial charge is 0.175 e. The van der Waals surface area contributed by atoms with Gasteiger partial charge in [0.1, 0.15) is 0 Å². The van der Waals surface area contributed by atoms with Crippen LogP contribution in [0.3, 0.4) is 0 Å². The van der Waals surface area contributed by atoms with Crippen LogP contribution in [0.4, 0.5) is 0 Å². The minimum absolute atomic E-state index is 0.765. The van der Waals surface area contributed by atoms with E-state index in [4.69, 9.17) is 0 Å². The summed E-state index contributed by atoms with van der Waals surface area (Å²) in [4.78, 5) is 0. The average Bonchev–Trinajstić information content (AvgIpc) is 2.41. The van der Waals surface area contributed by atoms with E-state index >= 15 is 0 Å². The van der Waals surface area contributed by atoms with Crippen LogP contribution in [0.5, 0.6) is 0 Å². The Hall–Kier alpha value is -0.970. The van der Waals surface area contributed by atoms with Gasteiger partial charge in [-0.2, -0.15) is 5.21 Å². The Morgan fingerprint density at radius 1 is 1.60 bits per heavy atom. The molecule has 1 rings (SSSR count). The molecule has 0 spiro atoms. The Bertz CT molecular complexity index is 159. The molecule has 10 heavy (non-hydrogen) atoms. The number of tetrazole rings is 1. The van der Waals surface area contributed by atoms with Crippen LogP contribution in [0.1, 0.15) is 12.7 Å². The van der Waals surface area contributed by atoms with Crippen molar-refractivity contribution in [2.24, 2.45) is 0 Å². The Morgan fingerprint density at radius 3 is 3.10 bits per heavy atom. The molecule has 0 fully saturated rings. The third-order valence-corrected chi connectivity index (χ3v) is 1.16.